The van der Waals surface area contributed by atoms with Crippen LogP contribution in [0, 0.1) is 0 Å². The van der Waals surface area contributed by atoms with Gasteiger partial charge in [0, 0.05) is 6.54 Å². The van der Waals surface area contributed by atoms with Crippen LogP contribution in [0.3, 0.4) is 0 Å². The van der Waals surface area contributed by atoms with Crippen molar-refractivity contribution >= 4 is 11.8 Å². The number of nitrogens with one attached hydrogen (secondary N) is 3. The smallest absolute Gasteiger partial charge is 0.242 e. The van der Waals surface area contributed by atoms with Crippen LogP contribution in [0.25, 0.3) is 0 Å². The molecule has 0 bridgehead atoms. The van der Waals surface area contributed by atoms with Crippen molar-refractivity contribution in [2.24, 2.45) is 0 Å². The molecule has 16 heavy (non-hydrogen) atoms. The van der Waals surface area contributed by atoms with Crippen LogP contribution >= 0.6 is 0 Å². The predicted molar refractivity (Wildman–Crippen MR) is 59.8 cm³/mol. The lowest BCUT2D eigenvalue weighted by Crippen LogP contribution is -2.50. The van der Waals surface area contributed by atoms with Crippen LogP contribution in [0.2, 0.25) is 0 Å². The Labute approximate surface area is 95.3 Å². The third-order valence-corrected chi connectivity index (χ3v) is 3.23. The summed E-state index contributed by atoms with van der Waals surface area (Å²) in [6.45, 7) is 1.63. The van der Waals surface area contributed by atoms with Crippen molar-refractivity contribution in [3.63, 3.8) is 0 Å². The van der Waals surface area contributed by atoms with Crippen LogP contribution in [-0.4, -0.2) is 37.0 Å². The first-order chi connectivity index (χ1) is 7.77. The first kappa shape index (κ1) is 11.4. The Kier molecular flexibility index (Phi) is 3.77. The molecule has 2 atom stereocenters. The molecule has 3 N–H and O–H groups in total. The molecule has 2 unspecified atom stereocenters. The van der Waals surface area contributed by atoms with E-state index >= 15 is 0 Å². The zero-order chi connectivity index (χ0) is 11.4. The van der Waals surface area contributed by atoms with Gasteiger partial charge in [-0.3, -0.25) is 9.59 Å². The van der Waals surface area contributed by atoms with Gasteiger partial charge in [-0.15, -0.1) is 0 Å². The second-order valence-electron chi connectivity index (χ2n) is 4.50. The largest absolute Gasteiger partial charge is 0.354 e. The SMILES string of the molecule is O=C(NC1CCCCNC1=O)C1CCCN1. The van der Waals surface area contributed by atoms with Crippen molar-refractivity contribution in [2.75, 3.05) is 13.1 Å². The standard InChI is InChI=1S/C11H19N3O2/c15-10-9(4-1-2-6-13-10)14-11(16)8-5-3-7-12-8/h8-9,12H,1-7H2,(H,13,15)(H,14,16). The normalized spacial score (nSPS) is 30.6. The van der Waals surface area contributed by atoms with Gasteiger partial charge in [-0.2, -0.15) is 0 Å². The number of amides is 2. The molecule has 0 spiro atoms. The minimum atomic E-state index is -0.336. The summed E-state index contributed by atoms with van der Waals surface area (Å²) in [5, 5.41) is 8.79. The molecule has 0 aromatic rings. The molecule has 0 aromatic heterocycles. The molecule has 2 saturated heterocycles. The maximum absolute atomic E-state index is 11.8. The molecule has 5 heteroatoms. The van der Waals surface area contributed by atoms with Crippen molar-refractivity contribution in [1.82, 2.24) is 16.0 Å². The average Bonchev–Trinajstić information content (AvgIpc) is 2.73. The van der Waals surface area contributed by atoms with Crippen molar-refractivity contribution in [3.05, 3.63) is 0 Å². The summed E-state index contributed by atoms with van der Waals surface area (Å²) in [7, 11) is 0. The molecule has 2 rings (SSSR count). The van der Waals surface area contributed by atoms with Gasteiger partial charge in [0.05, 0.1) is 6.04 Å². The zero-order valence-electron chi connectivity index (χ0n) is 9.42. The van der Waals surface area contributed by atoms with Crippen LogP contribution in [0.1, 0.15) is 32.1 Å². The fourth-order valence-electron chi connectivity index (χ4n) is 2.26. The van der Waals surface area contributed by atoms with Gasteiger partial charge in [0.2, 0.25) is 11.8 Å². The van der Waals surface area contributed by atoms with E-state index in [1.165, 1.54) is 0 Å². The van der Waals surface area contributed by atoms with E-state index < -0.39 is 0 Å². The molecule has 0 aliphatic carbocycles. The lowest BCUT2D eigenvalue weighted by Gasteiger charge is -2.18. The van der Waals surface area contributed by atoms with E-state index in [-0.39, 0.29) is 23.9 Å². The summed E-state index contributed by atoms with van der Waals surface area (Å²) in [6, 6.07) is -0.437. The lowest BCUT2D eigenvalue weighted by molar-refractivity contribution is -0.129. The number of hydrogen-bond acceptors (Lipinski definition) is 3. The summed E-state index contributed by atoms with van der Waals surface area (Å²) >= 11 is 0. The molecule has 90 valence electrons. The fourth-order valence-corrected chi connectivity index (χ4v) is 2.26. The van der Waals surface area contributed by atoms with E-state index in [1.807, 2.05) is 0 Å². The van der Waals surface area contributed by atoms with Crippen LogP contribution in [0.5, 0.6) is 0 Å². The molecule has 5 nitrogen and oxygen atoms in total. The Bertz CT molecular complexity index is 274. The summed E-state index contributed by atoms with van der Waals surface area (Å²) in [5.74, 6) is -0.0663. The average molecular weight is 225 g/mol. The molecule has 2 aliphatic heterocycles. The highest BCUT2D eigenvalue weighted by Gasteiger charge is 2.27. The van der Waals surface area contributed by atoms with Crippen molar-refractivity contribution < 1.29 is 9.59 Å². The van der Waals surface area contributed by atoms with Gasteiger partial charge in [0.1, 0.15) is 6.04 Å². The Morgan fingerprint density at radius 1 is 1.19 bits per heavy atom. The minimum absolute atomic E-state index is 0.0282. The first-order valence-corrected chi connectivity index (χ1v) is 6.09. The zero-order valence-corrected chi connectivity index (χ0v) is 9.42. The summed E-state index contributed by atoms with van der Waals surface area (Å²) in [4.78, 5) is 23.4. The first-order valence-electron chi connectivity index (χ1n) is 6.09. The molecular formula is C11H19N3O2. The molecular weight excluding hydrogens is 206 g/mol. The molecule has 0 aromatic carbocycles. The number of carbonyl (C=O) groups is 2. The van der Waals surface area contributed by atoms with Gasteiger partial charge in [0.25, 0.3) is 0 Å². The summed E-state index contributed by atoms with van der Waals surface area (Å²) < 4.78 is 0. The number of rotatable bonds is 2. The highest BCUT2D eigenvalue weighted by atomic mass is 16.2. The van der Waals surface area contributed by atoms with Gasteiger partial charge >= 0.3 is 0 Å². The highest BCUT2D eigenvalue weighted by molar-refractivity contribution is 5.89. The minimum Gasteiger partial charge on any atom is -0.354 e. The fraction of sp³-hybridized carbons (Fsp3) is 0.818. The molecule has 0 radical (unpaired) electrons. The number of hydrogen-bond donors (Lipinski definition) is 3. The third kappa shape index (κ3) is 2.72. The Hall–Kier alpha value is -1.10. The van der Waals surface area contributed by atoms with Gasteiger partial charge in [-0.1, -0.05) is 0 Å². The quantitative estimate of drug-likeness (QED) is 0.594. The molecule has 2 amide bonds. The van der Waals surface area contributed by atoms with Gasteiger partial charge in [-0.05, 0) is 38.6 Å². The summed E-state index contributed by atoms with van der Waals surface area (Å²) in [6.07, 6.45) is 4.65. The monoisotopic (exact) mass is 225 g/mol. The lowest BCUT2D eigenvalue weighted by atomic mass is 10.1. The van der Waals surface area contributed by atoms with Crippen molar-refractivity contribution in [3.8, 4) is 0 Å². The Balaban J connectivity index is 1.86. The molecule has 2 fully saturated rings. The topological polar surface area (TPSA) is 70.2 Å². The van der Waals surface area contributed by atoms with Crippen LogP contribution in [0.15, 0.2) is 0 Å². The Morgan fingerprint density at radius 3 is 2.81 bits per heavy atom. The van der Waals surface area contributed by atoms with Crippen molar-refractivity contribution in [2.45, 2.75) is 44.2 Å². The molecule has 2 aliphatic rings. The number of carbonyl (C=O) groups excluding carboxylic acids is 2. The van der Waals surface area contributed by atoms with E-state index in [9.17, 15) is 9.59 Å². The maximum Gasteiger partial charge on any atom is 0.242 e. The van der Waals surface area contributed by atoms with Gasteiger partial charge < -0.3 is 16.0 Å². The Morgan fingerprint density at radius 2 is 2.06 bits per heavy atom. The van der Waals surface area contributed by atoms with E-state index in [1.54, 1.807) is 0 Å². The summed E-state index contributed by atoms with van der Waals surface area (Å²) in [5.41, 5.74) is 0. The van der Waals surface area contributed by atoms with E-state index in [2.05, 4.69) is 16.0 Å². The maximum atomic E-state index is 11.8. The second-order valence-corrected chi connectivity index (χ2v) is 4.50. The second kappa shape index (κ2) is 5.30. The van der Waals surface area contributed by atoms with E-state index in [0.29, 0.717) is 0 Å². The van der Waals surface area contributed by atoms with Crippen molar-refractivity contribution in [1.29, 1.82) is 0 Å². The van der Waals surface area contributed by atoms with Crippen LogP contribution in [0.4, 0.5) is 0 Å². The van der Waals surface area contributed by atoms with Gasteiger partial charge in [0.15, 0.2) is 0 Å². The van der Waals surface area contributed by atoms with E-state index in [4.69, 9.17) is 0 Å². The highest BCUT2D eigenvalue weighted by Crippen LogP contribution is 2.08. The third-order valence-electron chi connectivity index (χ3n) is 3.23. The predicted octanol–water partition coefficient (Wildman–Crippen LogP) is -0.477. The van der Waals surface area contributed by atoms with E-state index in [0.717, 1.165) is 45.2 Å². The van der Waals surface area contributed by atoms with Gasteiger partial charge in [-0.25, -0.2) is 0 Å². The molecule has 2 heterocycles. The molecule has 0 saturated carbocycles. The van der Waals surface area contributed by atoms with Crippen LogP contribution < -0.4 is 16.0 Å². The van der Waals surface area contributed by atoms with Crippen LogP contribution in [-0.2, 0) is 9.59 Å².